The number of hydrogen-bond donors (Lipinski definition) is 0. The molecular formula is C19H20N4O. The number of benzene rings is 2. The van der Waals surface area contributed by atoms with E-state index in [-0.39, 0.29) is 0 Å². The van der Waals surface area contributed by atoms with Gasteiger partial charge < -0.3 is 9.64 Å². The van der Waals surface area contributed by atoms with Gasteiger partial charge in [-0.15, -0.1) is 5.10 Å². The predicted octanol–water partition coefficient (Wildman–Crippen LogP) is 3.15. The molecule has 0 bridgehead atoms. The highest BCUT2D eigenvalue weighted by atomic mass is 16.5. The van der Waals surface area contributed by atoms with E-state index in [1.54, 1.807) is 6.20 Å². The Morgan fingerprint density at radius 2 is 1.71 bits per heavy atom. The third kappa shape index (κ3) is 3.94. The van der Waals surface area contributed by atoms with Crippen molar-refractivity contribution < 1.29 is 4.74 Å². The van der Waals surface area contributed by atoms with Crippen LogP contribution in [0, 0.1) is 0 Å². The maximum absolute atomic E-state index is 5.92. The van der Waals surface area contributed by atoms with Gasteiger partial charge in [0.1, 0.15) is 12.4 Å². The van der Waals surface area contributed by atoms with Crippen LogP contribution in [0.2, 0.25) is 0 Å². The summed E-state index contributed by atoms with van der Waals surface area (Å²) < 4.78 is 5.92. The van der Waals surface area contributed by atoms with Crippen molar-refractivity contribution in [1.29, 1.82) is 0 Å². The maximum Gasteiger partial charge on any atom is 0.182 e. The lowest BCUT2D eigenvalue weighted by atomic mass is 10.1. The molecule has 0 saturated carbocycles. The second-order valence-corrected chi connectivity index (χ2v) is 5.68. The second kappa shape index (κ2) is 7.66. The van der Waals surface area contributed by atoms with Gasteiger partial charge in [0.2, 0.25) is 0 Å². The Balaban J connectivity index is 1.89. The van der Waals surface area contributed by atoms with Crippen LogP contribution in [-0.2, 0) is 0 Å². The third-order valence-corrected chi connectivity index (χ3v) is 3.55. The first-order valence-electron chi connectivity index (χ1n) is 7.86. The standard InChI is InChI=1S/C19H20N4O/c1-23(2)12-13-24-18-11-7-6-10-16(18)17-14-20-22-19(21-17)15-8-4-3-5-9-15/h3-11,14H,12-13H2,1-2H3. The Morgan fingerprint density at radius 1 is 0.958 bits per heavy atom. The molecule has 0 N–H and O–H groups in total. The summed E-state index contributed by atoms with van der Waals surface area (Å²) in [6.45, 7) is 1.47. The van der Waals surface area contributed by atoms with E-state index in [2.05, 4.69) is 20.1 Å². The molecule has 2 aromatic carbocycles. The Hall–Kier alpha value is -2.79. The van der Waals surface area contributed by atoms with Gasteiger partial charge in [-0.05, 0) is 26.2 Å². The first-order chi connectivity index (χ1) is 11.7. The van der Waals surface area contributed by atoms with Gasteiger partial charge in [0.15, 0.2) is 5.82 Å². The zero-order chi connectivity index (χ0) is 16.8. The van der Waals surface area contributed by atoms with E-state index >= 15 is 0 Å². The molecule has 0 radical (unpaired) electrons. The second-order valence-electron chi connectivity index (χ2n) is 5.68. The minimum Gasteiger partial charge on any atom is -0.492 e. The molecule has 0 fully saturated rings. The Bertz CT molecular complexity index is 790. The quantitative estimate of drug-likeness (QED) is 0.698. The fourth-order valence-corrected chi connectivity index (χ4v) is 2.29. The lowest BCUT2D eigenvalue weighted by Crippen LogP contribution is -2.19. The zero-order valence-corrected chi connectivity index (χ0v) is 13.9. The van der Waals surface area contributed by atoms with Gasteiger partial charge in [-0.2, -0.15) is 5.10 Å². The van der Waals surface area contributed by atoms with Gasteiger partial charge in [-0.25, -0.2) is 4.98 Å². The molecule has 0 amide bonds. The number of nitrogens with zero attached hydrogens (tertiary/aromatic N) is 4. The predicted molar refractivity (Wildman–Crippen MR) is 94.7 cm³/mol. The summed E-state index contributed by atoms with van der Waals surface area (Å²) in [4.78, 5) is 6.74. The molecule has 0 aliphatic carbocycles. The van der Waals surface area contributed by atoms with Gasteiger partial charge in [-0.1, -0.05) is 42.5 Å². The summed E-state index contributed by atoms with van der Waals surface area (Å²) in [5.41, 5.74) is 2.62. The maximum atomic E-state index is 5.92. The average Bonchev–Trinajstić information content (AvgIpc) is 2.63. The SMILES string of the molecule is CN(C)CCOc1ccccc1-c1cnnc(-c2ccccc2)n1. The minimum absolute atomic E-state index is 0.608. The number of ether oxygens (including phenoxy) is 1. The lowest BCUT2D eigenvalue weighted by molar-refractivity contribution is 0.262. The zero-order valence-electron chi connectivity index (χ0n) is 13.9. The summed E-state index contributed by atoms with van der Waals surface area (Å²) in [7, 11) is 4.05. The van der Waals surface area contributed by atoms with Crippen LogP contribution in [-0.4, -0.2) is 47.3 Å². The average molecular weight is 320 g/mol. The van der Waals surface area contributed by atoms with Gasteiger partial charge in [0, 0.05) is 17.7 Å². The summed E-state index contributed by atoms with van der Waals surface area (Å²) in [5, 5.41) is 8.25. The molecule has 122 valence electrons. The molecule has 0 aliphatic rings. The fourth-order valence-electron chi connectivity index (χ4n) is 2.29. The molecule has 3 aromatic rings. The van der Waals surface area contributed by atoms with Crippen LogP contribution in [0.4, 0.5) is 0 Å². The van der Waals surface area contributed by atoms with E-state index in [1.165, 1.54) is 0 Å². The van der Waals surface area contributed by atoms with Crippen LogP contribution in [0.1, 0.15) is 0 Å². The highest BCUT2D eigenvalue weighted by Gasteiger charge is 2.10. The molecule has 3 rings (SSSR count). The van der Waals surface area contributed by atoms with Gasteiger partial charge in [0.25, 0.3) is 0 Å². The summed E-state index contributed by atoms with van der Waals surface area (Å²) >= 11 is 0. The molecule has 0 unspecified atom stereocenters. The Morgan fingerprint density at radius 3 is 2.50 bits per heavy atom. The van der Waals surface area contributed by atoms with Crippen molar-refractivity contribution in [3.05, 3.63) is 60.8 Å². The molecule has 5 heteroatoms. The smallest absolute Gasteiger partial charge is 0.182 e. The van der Waals surface area contributed by atoms with Crippen LogP contribution >= 0.6 is 0 Å². The summed E-state index contributed by atoms with van der Waals surface area (Å²) in [6, 6.07) is 17.7. The number of aromatic nitrogens is 3. The van der Waals surface area contributed by atoms with Crippen LogP contribution in [0.15, 0.2) is 60.8 Å². The van der Waals surface area contributed by atoms with Crippen molar-refractivity contribution in [2.75, 3.05) is 27.2 Å². The molecule has 0 atom stereocenters. The molecule has 0 saturated heterocycles. The highest BCUT2D eigenvalue weighted by molar-refractivity contribution is 5.68. The van der Waals surface area contributed by atoms with Gasteiger partial charge >= 0.3 is 0 Å². The first kappa shape index (κ1) is 16.1. The fraction of sp³-hybridized carbons (Fsp3) is 0.211. The van der Waals surface area contributed by atoms with Crippen LogP contribution < -0.4 is 4.74 Å². The van der Waals surface area contributed by atoms with Crippen molar-refractivity contribution in [2.45, 2.75) is 0 Å². The van der Waals surface area contributed by atoms with Crippen molar-refractivity contribution in [1.82, 2.24) is 20.1 Å². The lowest BCUT2D eigenvalue weighted by Gasteiger charge is -2.13. The normalized spacial score (nSPS) is 10.8. The van der Waals surface area contributed by atoms with E-state index in [4.69, 9.17) is 4.74 Å². The van der Waals surface area contributed by atoms with Gasteiger partial charge in [-0.3, -0.25) is 0 Å². The highest BCUT2D eigenvalue weighted by Crippen LogP contribution is 2.28. The van der Waals surface area contributed by atoms with Crippen molar-refractivity contribution in [2.24, 2.45) is 0 Å². The van der Waals surface area contributed by atoms with E-state index < -0.39 is 0 Å². The Kier molecular flexibility index (Phi) is 5.13. The number of rotatable bonds is 6. The van der Waals surface area contributed by atoms with E-state index in [0.717, 1.165) is 29.1 Å². The Labute approximate surface area is 142 Å². The van der Waals surface area contributed by atoms with Crippen molar-refractivity contribution in [3.8, 4) is 28.4 Å². The van der Waals surface area contributed by atoms with Crippen LogP contribution in [0.3, 0.4) is 0 Å². The topological polar surface area (TPSA) is 51.1 Å². The van der Waals surface area contributed by atoms with Crippen molar-refractivity contribution in [3.63, 3.8) is 0 Å². The van der Waals surface area contributed by atoms with Crippen molar-refractivity contribution >= 4 is 0 Å². The largest absolute Gasteiger partial charge is 0.492 e. The molecule has 0 aliphatic heterocycles. The monoisotopic (exact) mass is 320 g/mol. The number of para-hydroxylation sites is 1. The number of likely N-dealkylation sites (N-methyl/N-ethyl adjacent to an activating group) is 1. The summed E-state index contributed by atoms with van der Waals surface area (Å²) in [6.07, 6.45) is 1.67. The van der Waals surface area contributed by atoms with Crippen LogP contribution in [0.5, 0.6) is 5.75 Å². The van der Waals surface area contributed by atoms with Crippen LogP contribution in [0.25, 0.3) is 22.6 Å². The van der Waals surface area contributed by atoms with Gasteiger partial charge in [0.05, 0.1) is 11.9 Å². The van der Waals surface area contributed by atoms with E-state index in [0.29, 0.717) is 12.4 Å². The molecule has 1 aromatic heterocycles. The summed E-state index contributed by atoms with van der Waals surface area (Å²) in [5.74, 6) is 1.41. The molecule has 5 nitrogen and oxygen atoms in total. The molecule has 0 spiro atoms. The van der Waals surface area contributed by atoms with E-state index in [1.807, 2.05) is 68.7 Å². The molecular weight excluding hydrogens is 300 g/mol. The minimum atomic E-state index is 0.608. The van der Waals surface area contributed by atoms with E-state index in [9.17, 15) is 0 Å². The third-order valence-electron chi connectivity index (χ3n) is 3.55. The molecule has 24 heavy (non-hydrogen) atoms. The number of hydrogen-bond acceptors (Lipinski definition) is 5. The molecule has 1 heterocycles. The first-order valence-corrected chi connectivity index (χ1v) is 7.86.